The van der Waals surface area contributed by atoms with Crippen LogP contribution in [0.1, 0.15) is 11.1 Å². The molecule has 0 radical (unpaired) electrons. The topological polar surface area (TPSA) is 70.7 Å². The Bertz CT molecular complexity index is 851. The Morgan fingerprint density at radius 3 is 2.39 bits per heavy atom. The van der Waals surface area contributed by atoms with Gasteiger partial charge in [0.1, 0.15) is 11.8 Å². The molecule has 1 unspecified atom stereocenters. The molecule has 1 saturated heterocycles. The molecule has 1 atom stereocenters. The number of amides is 3. The monoisotopic (exact) mass is 393 g/mol. The number of carbonyl (C=O) groups is 2. The maximum atomic E-state index is 12.6. The standard InChI is InChI=1S/C19H18F3N3O3/c1-28-15-8-6-14(7-9-15)25-11-16(24-18(25)27)17(26)23-10-12-2-4-13(5-3-12)19(20,21)22/h2-9,16H,10-11H2,1H3,(H,23,26)(H,24,27). The molecule has 1 aliphatic heterocycles. The smallest absolute Gasteiger partial charge is 0.416 e. The highest BCUT2D eigenvalue weighted by atomic mass is 19.4. The number of nitrogens with zero attached hydrogens (tertiary/aromatic N) is 1. The lowest BCUT2D eigenvalue weighted by atomic mass is 10.1. The van der Waals surface area contributed by atoms with Crippen LogP contribution in [0.2, 0.25) is 0 Å². The molecule has 0 bridgehead atoms. The van der Waals surface area contributed by atoms with Gasteiger partial charge in [0.05, 0.1) is 19.2 Å². The largest absolute Gasteiger partial charge is 0.497 e. The van der Waals surface area contributed by atoms with E-state index in [9.17, 15) is 22.8 Å². The minimum atomic E-state index is -4.40. The third-order valence-electron chi connectivity index (χ3n) is 4.36. The minimum Gasteiger partial charge on any atom is -0.497 e. The molecule has 148 valence electrons. The van der Waals surface area contributed by atoms with E-state index < -0.39 is 29.7 Å². The van der Waals surface area contributed by atoms with E-state index in [1.165, 1.54) is 24.1 Å². The van der Waals surface area contributed by atoms with Crippen LogP contribution in [0.5, 0.6) is 5.75 Å². The van der Waals surface area contributed by atoms with Crippen molar-refractivity contribution in [3.63, 3.8) is 0 Å². The molecule has 0 spiro atoms. The number of halogens is 3. The van der Waals surface area contributed by atoms with E-state index in [4.69, 9.17) is 4.74 Å². The fraction of sp³-hybridized carbons (Fsp3) is 0.263. The summed E-state index contributed by atoms with van der Waals surface area (Å²) in [5, 5.41) is 5.22. The van der Waals surface area contributed by atoms with Crippen LogP contribution in [0, 0.1) is 0 Å². The van der Waals surface area contributed by atoms with Gasteiger partial charge < -0.3 is 15.4 Å². The van der Waals surface area contributed by atoms with Crippen LogP contribution in [0.3, 0.4) is 0 Å². The van der Waals surface area contributed by atoms with Crippen molar-refractivity contribution in [2.45, 2.75) is 18.8 Å². The molecule has 1 fully saturated rings. The molecular weight excluding hydrogens is 375 g/mol. The van der Waals surface area contributed by atoms with Crippen LogP contribution < -0.4 is 20.3 Å². The predicted octanol–water partition coefficient (Wildman–Crippen LogP) is 2.93. The first-order valence-corrected chi connectivity index (χ1v) is 8.44. The lowest BCUT2D eigenvalue weighted by Gasteiger charge is -2.15. The molecule has 6 nitrogen and oxygen atoms in total. The average molecular weight is 393 g/mol. The number of urea groups is 1. The molecule has 0 aromatic heterocycles. The van der Waals surface area contributed by atoms with Crippen molar-refractivity contribution in [3.05, 3.63) is 59.7 Å². The summed E-state index contributed by atoms with van der Waals surface area (Å²) < 4.78 is 42.8. The van der Waals surface area contributed by atoms with Crippen molar-refractivity contribution in [3.8, 4) is 5.75 Å². The Hall–Kier alpha value is -3.23. The number of anilines is 1. The molecule has 1 heterocycles. The summed E-state index contributed by atoms with van der Waals surface area (Å²) >= 11 is 0. The van der Waals surface area contributed by atoms with Crippen molar-refractivity contribution in [1.29, 1.82) is 0 Å². The highest BCUT2D eigenvalue weighted by Gasteiger charge is 2.34. The number of nitrogens with one attached hydrogen (secondary N) is 2. The van der Waals surface area contributed by atoms with E-state index in [0.717, 1.165) is 12.1 Å². The fourth-order valence-corrected chi connectivity index (χ4v) is 2.80. The highest BCUT2D eigenvalue weighted by Crippen LogP contribution is 2.29. The molecule has 28 heavy (non-hydrogen) atoms. The zero-order valence-electron chi connectivity index (χ0n) is 14.9. The van der Waals surface area contributed by atoms with Gasteiger partial charge in [0.2, 0.25) is 5.91 Å². The summed E-state index contributed by atoms with van der Waals surface area (Å²) in [6, 6.07) is 10.2. The molecular formula is C19H18F3N3O3. The first-order valence-electron chi connectivity index (χ1n) is 8.44. The third kappa shape index (κ3) is 4.36. The second kappa shape index (κ2) is 7.79. The molecule has 3 rings (SSSR count). The molecule has 2 N–H and O–H groups in total. The van der Waals surface area contributed by atoms with Gasteiger partial charge in [-0.25, -0.2) is 4.79 Å². The Kier molecular flexibility index (Phi) is 5.43. The average Bonchev–Trinajstić information content (AvgIpc) is 3.07. The van der Waals surface area contributed by atoms with E-state index in [2.05, 4.69) is 10.6 Å². The van der Waals surface area contributed by atoms with E-state index >= 15 is 0 Å². The van der Waals surface area contributed by atoms with Crippen LogP contribution in [-0.4, -0.2) is 31.6 Å². The first kappa shape index (κ1) is 19.5. The van der Waals surface area contributed by atoms with E-state index in [-0.39, 0.29) is 13.1 Å². The molecule has 0 aliphatic carbocycles. The van der Waals surface area contributed by atoms with Gasteiger partial charge in [-0.15, -0.1) is 0 Å². The summed E-state index contributed by atoms with van der Waals surface area (Å²) in [4.78, 5) is 25.9. The summed E-state index contributed by atoms with van der Waals surface area (Å²) in [6.07, 6.45) is -4.40. The van der Waals surface area contributed by atoms with Crippen LogP contribution in [0.15, 0.2) is 48.5 Å². The van der Waals surface area contributed by atoms with E-state index in [1.54, 1.807) is 24.3 Å². The van der Waals surface area contributed by atoms with Gasteiger partial charge in [-0.05, 0) is 42.0 Å². The Balaban J connectivity index is 1.57. The quantitative estimate of drug-likeness (QED) is 0.821. The van der Waals surface area contributed by atoms with Crippen molar-refractivity contribution >= 4 is 17.6 Å². The zero-order chi connectivity index (χ0) is 20.3. The van der Waals surface area contributed by atoms with Gasteiger partial charge in [-0.1, -0.05) is 12.1 Å². The van der Waals surface area contributed by atoms with Crippen LogP contribution in [0.4, 0.5) is 23.7 Å². The molecule has 9 heteroatoms. The van der Waals surface area contributed by atoms with Gasteiger partial charge in [-0.3, -0.25) is 9.69 Å². The SMILES string of the molecule is COc1ccc(N2CC(C(=O)NCc3ccc(C(F)(F)F)cc3)NC2=O)cc1. The number of alkyl halides is 3. The van der Waals surface area contributed by atoms with E-state index in [1.807, 2.05) is 0 Å². The molecule has 2 aromatic rings. The Morgan fingerprint density at radius 2 is 1.82 bits per heavy atom. The molecule has 0 saturated carbocycles. The highest BCUT2D eigenvalue weighted by molar-refractivity contribution is 6.00. The summed E-state index contributed by atoms with van der Waals surface area (Å²) in [5.41, 5.74) is 0.398. The van der Waals surface area contributed by atoms with Crippen molar-refractivity contribution in [2.75, 3.05) is 18.6 Å². The lowest BCUT2D eigenvalue weighted by Crippen LogP contribution is -2.42. The normalized spacial score (nSPS) is 16.6. The molecule has 1 aliphatic rings. The second-order valence-electron chi connectivity index (χ2n) is 6.22. The van der Waals surface area contributed by atoms with E-state index in [0.29, 0.717) is 17.0 Å². The van der Waals surface area contributed by atoms with Gasteiger partial charge in [0.25, 0.3) is 0 Å². The maximum Gasteiger partial charge on any atom is 0.416 e. The Labute approximate surface area is 159 Å². The number of carbonyl (C=O) groups excluding carboxylic acids is 2. The number of hydrogen-bond donors (Lipinski definition) is 2. The van der Waals surface area contributed by atoms with Gasteiger partial charge in [0.15, 0.2) is 0 Å². The number of hydrogen-bond acceptors (Lipinski definition) is 3. The maximum absolute atomic E-state index is 12.6. The second-order valence-corrected chi connectivity index (χ2v) is 6.22. The molecule has 2 aromatic carbocycles. The van der Waals surface area contributed by atoms with Gasteiger partial charge in [-0.2, -0.15) is 13.2 Å². The van der Waals surface area contributed by atoms with Crippen LogP contribution in [0.25, 0.3) is 0 Å². The number of ether oxygens (including phenoxy) is 1. The first-order chi connectivity index (χ1) is 13.3. The lowest BCUT2D eigenvalue weighted by molar-refractivity contribution is -0.137. The molecule has 3 amide bonds. The van der Waals surface area contributed by atoms with Crippen molar-refractivity contribution < 1.29 is 27.5 Å². The number of methoxy groups -OCH3 is 1. The van der Waals surface area contributed by atoms with Crippen LogP contribution >= 0.6 is 0 Å². The van der Waals surface area contributed by atoms with Crippen molar-refractivity contribution in [1.82, 2.24) is 10.6 Å². The predicted molar refractivity (Wildman–Crippen MR) is 96.0 cm³/mol. The zero-order valence-corrected chi connectivity index (χ0v) is 14.9. The number of benzene rings is 2. The van der Waals surface area contributed by atoms with Gasteiger partial charge >= 0.3 is 12.2 Å². The summed E-state index contributed by atoms with van der Waals surface area (Å²) in [5.74, 6) is 0.235. The minimum absolute atomic E-state index is 0.0614. The Morgan fingerprint density at radius 1 is 1.18 bits per heavy atom. The third-order valence-corrected chi connectivity index (χ3v) is 4.36. The fourth-order valence-electron chi connectivity index (χ4n) is 2.80. The summed E-state index contributed by atoms with van der Waals surface area (Å²) in [6.45, 7) is 0.204. The van der Waals surface area contributed by atoms with Gasteiger partial charge in [0, 0.05) is 12.2 Å². The van der Waals surface area contributed by atoms with Crippen molar-refractivity contribution in [2.24, 2.45) is 0 Å². The summed E-state index contributed by atoms with van der Waals surface area (Å²) in [7, 11) is 1.54. The van der Waals surface area contributed by atoms with Crippen LogP contribution in [-0.2, 0) is 17.5 Å². The number of rotatable bonds is 5.